The number of para-hydroxylation sites is 2. The molecule has 0 aromatic heterocycles. The van der Waals surface area contributed by atoms with Gasteiger partial charge in [-0.1, -0.05) is 24.3 Å². The first-order valence-electron chi connectivity index (χ1n) is 8.53. The first-order chi connectivity index (χ1) is 12.2. The molecule has 132 valence electrons. The third-order valence-corrected chi connectivity index (χ3v) is 3.98. The van der Waals surface area contributed by atoms with E-state index < -0.39 is 0 Å². The van der Waals surface area contributed by atoms with Crippen LogP contribution < -0.4 is 14.8 Å². The lowest BCUT2D eigenvalue weighted by Gasteiger charge is -2.13. The zero-order valence-electron chi connectivity index (χ0n) is 14.4. The predicted octanol–water partition coefficient (Wildman–Crippen LogP) is 3.78. The highest BCUT2D eigenvalue weighted by Gasteiger charge is 2.15. The SMILES string of the molecule is CC(=O)Nc1ccccc1OCc1ccc(OCC2CCCO2)cc1. The van der Waals surface area contributed by atoms with Crippen LogP contribution in [0.4, 0.5) is 5.69 Å². The lowest BCUT2D eigenvalue weighted by atomic mass is 10.2. The first kappa shape index (κ1) is 17.3. The Balaban J connectivity index is 1.52. The van der Waals surface area contributed by atoms with Gasteiger partial charge in [0.25, 0.3) is 0 Å². The van der Waals surface area contributed by atoms with Crippen LogP contribution in [0.25, 0.3) is 0 Å². The van der Waals surface area contributed by atoms with Crippen molar-refractivity contribution in [1.82, 2.24) is 0 Å². The molecule has 1 amide bonds. The molecule has 0 spiro atoms. The Morgan fingerprint density at radius 2 is 1.96 bits per heavy atom. The van der Waals surface area contributed by atoms with Crippen molar-refractivity contribution in [2.45, 2.75) is 32.5 Å². The predicted molar refractivity (Wildman–Crippen MR) is 96.0 cm³/mol. The van der Waals surface area contributed by atoms with Gasteiger partial charge < -0.3 is 19.5 Å². The smallest absolute Gasteiger partial charge is 0.221 e. The maximum atomic E-state index is 11.2. The van der Waals surface area contributed by atoms with E-state index in [1.165, 1.54) is 6.92 Å². The van der Waals surface area contributed by atoms with Crippen LogP contribution >= 0.6 is 0 Å². The van der Waals surface area contributed by atoms with E-state index >= 15 is 0 Å². The van der Waals surface area contributed by atoms with Crippen LogP contribution in [0.3, 0.4) is 0 Å². The standard InChI is InChI=1S/C20H23NO4/c1-15(22)21-19-6-2-3-7-20(19)25-13-16-8-10-17(11-9-16)24-14-18-5-4-12-23-18/h2-3,6-11,18H,4-5,12-14H2,1H3,(H,21,22). The molecule has 0 bridgehead atoms. The molecule has 1 fully saturated rings. The second-order valence-electron chi connectivity index (χ2n) is 6.06. The lowest BCUT2D eigenvalue weighted by Crippen LogP contribution is -2.16. The number of carbonyl (C=O) groups is 1. The fourth-order valence-electron chi connectivity index (χ4n) is 2.69. The van der Waals surface area contributed by atoms with E-state index in [0.717, 1.165) is 30.8 Å². The van der Waals surface area contributed by atoms with Gasteiger partial charge in [0.05, 0.1) is 11.8 Å². The number of ether oxygens (including phenoxy) is 3. The lowest BCUT2D eigenvalue weighted by molar-refractivity contribution is -0.114. The van der Waals surface area contributed by atoms with Crippen molar-refractivity contribution < 1.29 is 19.0 Å². The number of anilines is 1. The van der Waals surface area contributed by atoms with Crippen molar-refractivity contribution in [2.75, 3.05) is 18.5 Å². The number of benzene rings is 2. The van der Waals surface area contributed by atoms with Crippen LogP contribution in [0, 0.1) is 0 Å². The second kappa shape index (κ2) is 8.53. The molecule has 1 aliphatic rings. The fourth-order valence-corrected chi connectivity index (χ4v) is 2.69. The molecular formula is C20H23NO4. The van der Waals surface area contributed by atoms with Gasteiger partial charge in [0.1, 0.15) is 24.7 Å². The Morgan fingerprint density at radius 1 is 1.16 bits per heavy atom. The summed E-state index contributed by atoms with van der Waals surface area (Å²) in [6.45, 7) is 3.33. The molecule has 1 unspecified atom stereocenters. The third kappa shape index (κ3) is 5.22. The van der Waals surface area contributed by atoms with E-state index in [1.54, 1.807) is 0 Å². The van der Waals surface area contributed by atoms with Crippen molar-refractivity contribution in [3.05, 3.63) is 54.1 Å². The first-order valence-corrected chi connectivity index (χ1v) is 8.53. The number of hydrogen-bond acceptors (Lipinski definition) is 4. The summed E-state index contributed by atoms with van der Waals surface area (Å²) in [4.78, 5) is 11.2. The Bertz CT molecular complexity index is 693. The van der Waals surface area contributed by atoms with Crippen LogP contribution in [0.1, 0.15) is 25.3 Å². The molecule has 3 rings (SSSR count). The van der Waals surface area contributed by atoms with Crippen LogP contribution in [0.15, 0.2) is 48.5 Å². The second-order valence-corrected chi connectivity index (χ2v) is 6.06. The molecule has 5 nitrogen and oxygen atoms in total. The topological polar surface area (TPSA) is 56.8 Å². The fraction of sp³-hybridized carbons (Fsp3) is 0.350. The molecule has 2 aromatic carbocycles. The van der Waals surface area contributed by atoms with Crippen molar-refractivity contribution >= 4 is 11.6 Å². The average molecular weight is 341 g/mol. The van der Waals surface area contributed by atoms with Crippen LogP contribution in [-0.4, -0.2) is 25.2 Å². The average Bonchev–Trinajstić information content (AvgIpc) is 3.13. The molecular weight excluding hydrogens is 318 g/mol. The summed E-state index contributed by atoms with van der Waals surface area (Å²) in [7, 11) is 0. The number of carbonyl (C=O) groups excluding carboxylic acids is 1. The minimum atomic E-state index is -0.121. The Morgan fingerprint density at radius 3 is 2.68 bits per heavy atom. The summed E-state index contributed by atoms with van der Waals surface area (Å²) in [6, 6.07) is 15.2. The van der Waals surface area contributed by atoms with Gasteiger partial charge in [0.2, 0.25) is 5.91 Å². The molecule has 1 aliphatic heterocycles. The van der Waals surface area contributed by atoms with E-state index in [0.29, 0.717) is 24.7 Å². The number of amides is 1. The van der Waals surface area contributed by atoms with Gasteiger partial charge in [-0.05, 0) is 42.7 Å². The summed E-state index contributed by atoms with van der Waals surface area (Å²) in [5, 5.41) is 2.77. The largest absolute Gasteiger partial charge is 0.491 e. The van der Waals surface area contributed by atoms with Crippen molar-refractivity contribution in [3.8, 4) is 11.5 Å². The van der Waals surface area contributed by atoms with Gasteiger partial charge in [0.15, 0.2) is 0 Å². The molecule has 0 radical (unpaired) electrons. The summed E-state index contributed by atoms with van der Waals surface area (Å²) in [5.41, 5.74) is 1.70. The molecule has 1 atom stereocenters. The molecule has 2 aromatic rings. The number of hydrogen-bond donors (Lipinski definition) is 1. The third-order valence-electron chi connectivity index (χ3n) is 3.98. The molecule has 0 saturated carbocycles. The van der Waals surface area contributed by atoms with E-state index in [-0.39, 0.29) is 12.0 Å². The molecule has 0 aliphatic carbocycles. The van der Waals surface area contributed by atoms with Crippen LogP contribution in [0.2, 0.25) is 0 Å². The van der Waals surface area contributed by atoms with Gasteiger partial charge in [-0.25, -0.2) is 0 Å². The highest BCUT2D eigenvalue weighted by atomic mass is 16.5. The summed E-state index contributed by atoms with van der Waals surface area (Å²) in [5.74, 6) is 1.36. The number of rotatable bonds is 7. The quantitative estimate of drug-likeness (QED) is 0.833. The Hall–Kier alpha value is -2.53. The molecule has 1 saturated heterocycles. The van der Waals surface area contributed by atoms with Gasteiger partial charge in [-0.15, -0.1) is 0 Å². The highest BCUT2D eigenvalue weighted by Crippen LogP contribution is 2.25. The van der Waals surface area contributed by atoms with E-state index in [4.69, 9.17) is 14.2 Å². The van der Waals surface area contributed by atoms with E-state index in [1.807, 2.05) is 48.5 Å². The molecule has 5 heteroatoms. The van der Waals surface area contributed by atoms with Crippen molar-refractivity contribution in [3.63, 3.8) is 0 Å². The van der Waals surface area contributed by atoms with Gasteiger partial charge >= 0.3 is 0 Å². The molecule has 1 N–H and O–H groups in total. The normalized spacial score (nSPS) is 16.4. The highest BCUT2D eigenvalue weighted by molar-refractivity contribution is 5.90. The van der Waals surface area contributed by atoms with Crippen LogP contribution in [-0.2, 0) is 16.1 Å². The van der Waals surface area contributed by atoms with Crippen molar-refractivity contribution in [1.29, 1.82) is 0 Å². The molecule has 25 heavy (non-hydrogen) atoms. The zero-order valence-corrected chi connectivity index (χ0v) is 14.4. The zero-order chi connectivity index (χ0) is 17.5. The monoisotopic (exact) mass is 341 g/mol. The van der Waals surface area contributed by atoms with Gasteiger partial charge in [0, 0.05) is 13.5 Å². The Kier molecular flexibility index (Phi) is 5.90. The van der Waals surface area contributed by atoms with Crippen molar-refractivity contribution in [2.24, 2.45) is 0 Å². The van der Waals surface area contributed by atoms with Gasteiger partial charge in [-0.3, -0.25) is 4.79 Å². The molecule has 1 heterocycles. The van der Waals surface area contributed by atoms with Gasteiger partial charge in [-0.2, -0.15) is 0 Å². The maximum absolute atomic E-state index is 11.2. The number of nitrogens with one attached hydrogen (secondary N) is 1. The summed E-state index contributed by atoms with van der Waals surface area (Å²) < 4.78 is 17.1. The minimum absolute atomic E-state index is 0.121. The van der Waals surface area contributed by atoms with E-state index in [2.05, 4.69) is 5.32 Å². The summed E-state index contributed by atoms with van der Waals surface area (Å²) >= 11 is 0. The van der Waals surface area contributed by atoms with E-state index in [9.17, 15) is 4.79 Å². The minimum Gasteiger partial charge on any atom is -0.491 e. The summed E-state index contributed by atoms with van der Waals surface area (Å²) in [6.07, 6.45) is 2.40. The maximum Gasteiger partial charge on any atom is 0.221 e. The van der Waals surface area contributed by atoms with Crippen LogP contribution in [0.5, 0.6) is 11.5 Å². The Labute approximate surface area is 147 Å².